The van der Waals surface area contributed by atoms with Gasteiger partial charge in [0.1, 0.15) is 0 Å². The van der Waals surface area contributed by atoms with E-state index in [1.807, 2.05) is 58.0 Å². The van der Waals surface area contributed by atoms with Crippen LogP contribution in [-0.2, 0) is 6.54 Å². The Morgan fingerprint density at radius 1 is 0.964 bits per heavy atom. The summed E-state index contributed by atoms with van der Waals surface area (Å²) < 4.78 is 1.92. The average molecular weight is 371 g/mol. The lowest BCUT2D eigenvalue weighted by molar-refractivity contribution is 0.0594. The molecule has 140 valence electrons. The summed E-state index contributed by atoms with van der Waals surface area (Å²) in [6.45, 7) is 2.03. The molecule has 2 aliphatic heterocycles. The molecule has 0 N–H and O–H groups in total. The van der Waals surface area contributed by atoms with E-state index < -0.39 is 0 Å². The molecule has 0 unspecified atom stereocenters. The number of nitrogens with zero attached hydrogens (tertiary/aromatic N) is 3. The zero-order valence-electron chi connectivity index (χ0n) is 15.5. The van der Waals surface area contributed by atoms with E-state index in [2.05, 4.69) is 11.1 Å². The summed E-state index contributed by atoms with van der Waals surface area (Å²) in [6, 6.07) is 17.2. The van der Waals surface area contributed by atoms with Crippen LogP contribution in [0.5, 0.6) is 0 Å². The van der Waals surface area contributed by atoms with Crippen LogP contribution >= 0.6 is 0 Å². The molecule has 2 aliphatic rings. The third kappa shape index (κ3) is 2.83. The fraction of sp³-hybridized carbons (Fsp3) is 0.261. The molecule has 1 fully saturated rings. The van der Waals surface area contributed by atoms with Crippen molar-refractivity contribution in [3.8, 4) is 11.1 Å². The van der Waals surface area contributed by atoms with Crippen LogP contribution in [0.25, 0.3) is 11.1 Å². The van der Waals surface area contributed by atoms with E-state index in [0.29, 0.717) is 31.1 Å². The van der Waals surface area contributed by atoms with E-state index in [0.717, 1.165) is 23.2 Å². The average Bonchev–Trinajstić information content (AvgIpc) is 2.75. The number of likely N-dealkylation sites (tertiary alicyclic amines) is 1. The van der Waals surface area contributed by atoms with Crippen molar-refractivity contribution >= 4 is 5.91 Å². The number of pyridine rings is 2. The Morgan fingerprint density at radius 2 is 1.82 bits per heavy atom. The Morgan fingerprint density at radius 3 is 2.61 bits per heavy atom. The van der Waals surface area contributed by atoms with Crippen molar-refractivity contribution < 1.29 is 4.79 Å². The zero-order chi connectivity index (χ0) is 19.1. The quantitative estimate of drug-likeness (QED) is 0.695. The van der Waals surface area contributed by atoms with Crippen LogP contribution in [0.2, 0.25) is 0 Å². The van der Waals surface area contributed by atoms with Gasteiger partial charge >= 0.3 is 0 Å². The Kier molecular flexibility index (Phi) is 4.08. The highest BCUT2D eigenvalue weighted by atomic mass is 16.2. The molecule has 1 amide bonds. The Bertz CT molecular complexity index is 1080. The molecule has 2 aromatic heterocycles. The number of amides is 1. The fourth-order valence-electron chi connectivity index (χ4n) is 4.62. The van der Waals surface area contributed by atoms with Crippen LogP contribution in [-0.4, -0.2) is 33.4 Å². The van der Waals surface area contributed by atoms with Crippen LogP contribution in [0.1, 0.15) is 28.4 Å². The summed E-state index contributed by atoms with van der Waals surface area (Å²) >= 11 is 0. The molecular formula is C23H21N3O2. The fourth-order valence-corrected chi connectivity index (χ4v) is 4.62. The standard InChI is InChI=1S/C23H21N3O2/c27-22(17-5-2-1-3-6-17)25-13-16-11-19(15-25)21-9-8-20(23(28)26(21)14-16)18-7-4-10-24-12-18/h1-10,12,16,19H,11,13-15H2/t16-,19+/m0/s1. The van der Waals surface area contributed by atoms with Gasteiger partial charge in [0.05, 0.1) is 0 Å². The predicted octanol–water partition coefficient (Wildman–Crippen LogP) is 3.17. The number of hydrogen-bond acceptors (Lipinski definition) is 3. The summed E-state index contributed by atoms with van der Waals surface area (Å²) in [5.74, 6) is 0.592. The van der Waals surface area contributed by atoms with Crippen molar-refractivity contribution in [1.29, 1.82) is 0 Å². The molecule has 1 saturated heterocycles. The number of hydrogen-bond donors (Lipinski definition) is 0. The monoisotopic (exact) mass is 371 g/mol. The second kappa shape index (κ2) is 6.75. The van der Waals surface area contributed by atoms with E-state index in [4.69, 9.17) is 0 Å². The minimum Gasteiger partial charge on any atom is -0.338 e. The summed E-state index contributed by atoms with van der Waals surface area (Å²) in [7, 11) is 0. The van der Waals surface area contributed by atoms with Gasteiger partial charge in [-0.25, -0.2) is 0 Å². The van der Waals surface area contributed by atoms with Gasteiger partial charge in [-0.1, -0.05) is 24.3 Å². The third-order valence-corrected chi connectivity index (χ3v) is 5.88. The van der Waals surface area contributed by atoms with Crippen molar-refractivity contribution in [3.05, 3.63) is 88.6 Å². The van der Waals surface area contributed by atoms with Crippen molar-refractivity contribution in [2.24, 2.45) is 5.92 Å². The number of aromatic nitrogens is 2. The van der Waals surface area contributed by atoms with Gasteiger partial charge in [0, 0.05) is 60.3 Å². The maximum absolute atomic E-state index is 13.1. The van der Waals surface area contributed by atoms with Gasteiger partial charge in [-0.15, -0.1) is 0 Å². The first kappa shape index (κ1) is 16.9. The van der Waals surface area contributed by atoms with Gasteiger partial charge in [-0.2, -0.15) is 0 Å². The molecule has 5 heteroatoms. The molecule has 5 rings (SSSR count). The Labute approximate surface area is 163 Å². The number of fused-ring (bicyclic) bond motifs is 4. The number of rotatable bonds is 2. The summed E-state index contributed by atoms with van der Waals surface area (Å²) in [4.78, 5) is 32.1. The first-order chi connectivity index (χ1) is 13.7. The Hall–Kier alpha value is -3.21. The van der Waals surface area contributed by atoms with Crippen LogP contribution in [0, 0.1) is 5.92 Å². The molecule has 0 spiro atoms. The SMILES string of the molecule is O=C(c1ccccc1)N1C[C@@H]2C[C@H](C1)c1ccc(-c3cccnc3)c(=O)n1C2. The van der Waals surface area contributed by atoms with Crippen LogP contribution in [0.4, 0.5) is 0 Å². The molecular weight excluding hydrogens is 350 g/mol. The van der Waals surface area contributed by atoms with E-state index in [1.54, 1.807) is 12.4 Å². The maximum Gasteiger partial charge on any atom is 0.258 e. The summed E-state index contributed by atoms with van der Waals surface area (Å²) in [5, 5.41) is 0. The Balaban J connectivity index is 1.47. The number of carbonyl (C=O) groups excluding carboxylic acids is 1. The molecule has 5 nitrogen and oxygen atoms in total. The van der Waals surface area contributed by atoms with Crippen molar-refractivity contribution in [2.45, 2.75) is 18.9 Å². The lowest BCUT2D eigenvalue weighted by atomic mass is 9.82. The lowest BCUT2D eigenvalue weighted by Gasteiger charge is -2.43. The van der Waals surface area contributed by atoms with E-state index in [1.165, 1.54) is 0 Å². The third-order valence-electron chi connectivity index (χ3n) is 5.88. The second-order valence-electron chi connectivity index (χ2n) is 7.70. The second-order valence-corrected chi connectivity index (χ2v) is 7.70. The van der Waals surface area contributed by atoms with E-state index in [-0.39, 0.29) is 17.4 Å². The minimum absolute atomic E-state index is 0.0445. The van der Waals surface area contributed by atoms with Crippen molar-refractivity contribution in [2.75, 3.05) is 13.1 Å². The normalized spacial score (nSPS) is 20.5. The van der Waals surface area contributed by atoms with Gasteiger partial charge in [0.25, 0.3) is 11.5 Å². The topological polar surface area (TPSA) is 55.2 Å². The smallest absolute Gasteiger partial charge is 0.258 e. The zero-order valence-corrected chi connectivity index (χ0v) is 15.5. The molecule has 3 aromatic rings. The van der Waals surface area contributed by atoms with Gasteiger partial charge in [-0.05, 0) is 42.7 Å². The lowest BCUT2D eigenvalue weighted by Crippen LogP contribution is -2.49. The van der Waals surface area contributed by atoms with Crippen molar-refractivity contribution in [1.82, 2.24) is 14.5 Å². The highest BCUT2D eigenvalue weighted by Gasteiger charge is 2.36. The molecule has 1 aromatic carbocycles. The minimum atomic E-state index is 0.0445. The van der Waals surface area contributed by atoms with Gasteiger partial charge in [0.15, 0.2) is 0 Å². The van der Waals surface area contributed by atoms with E-state index >= 15 is 0 Å². The molecule has 0 aliphatic carbocycles. The largest absolute Gasteiger partial charge is 0.338 e. The predicted molar refractivity (Wildman–Crippen MR) is 107 cm³/mol. The summed E-state index contributed by atoms with van der Waals surface area (Å²) in [5.41, 5.74) is 3.35. The number of piperidine rings is 1. The first-order valence-electron chi connectivity index (χ1n) is 9.69. The first-order valence-corrected chi connectivity index (χ1v) is 9.69. The maximum atomic E-state index is 13.1. The molecule has 2 bridgehead atoms. The molecule has 2 atom stereocenters. The highest BCUT2D eigenvalue weighted by molar-refractivity contribution is 5.94. The van der Waals surface area contributed by atoms with Crippen molar-refractivity contribution in [3.63, 3.8) is 0 Å². The highest BCUT2D eigenvalue weighted by Crippen LogP contribution is 2.36. The van der Waals surface area contributed by atoms with E-state index in [9.17, 15) is 9.59 Å². The van der Waals surface area contributed by atoms with Gasteiger partial charge in [0.2, 0.25) is 0 Å². The van der Waals surface area contributed by atoms with Gasteiger partial charge < -0.3 is 9.47 Å². The molecule has 4 heterocycles. The molecule has 0 saturated carbocycles. The molecule has 28 heavy (non-hydrogen) atoms. The van der Waals surface area contributed by atoms with Gasteiger partial charge in [-0.3, -0.25) is 14.6 Å². The van der Waals surface area contributed by atoms with Crippen LogP contribution < -0.4 is 5.56 Å². The molecule has 0 radical (unpaired) electrons. The number of carbonyl (C=O) groups is 1. The number of benzene rings is 1. The summed E-state index contributed by atoms with van der Waals surface area (Å²) in [6.07, 6.45) is 4.47. The van der Waals surface area contributed by atoms with Crippen LogP contribution in [0.3, 0.4) is 0 Å². The van der Waals surface area contributed by atoms with Crippen LogP contribution in [0.15, 0.2) is 71.8 Å².